The van der Waals surface area contributed by atoms with Gasteiger partial charge in [0.05, 0.1) is 0 Å². The Morgan fingerprint density at radius 2 is 2.33 bits per heavy atom. The van der Waals surface area contributed by atoms with Gasteiger partial charge in [0.15, 0.2) is 0 Å². The van der Waals surface area contributed by atoms with Crippen molar-refractivity contribution in [3.05, 3.63) is 12.7 Å². The van der Waals surface area contributed by atoms with E-state index in [-0.39, 0.29) is 24.0 Å². The van der Waals surface area contributed by atoms with Crippen LogP contribution >= 0.6 is 24.0 Å². The maximum atomic E-state index is 3.53. The van der Waals surface area contributed by atoms with Crippen LogP contribution in [0.2, 0.25) is 11.3 Å². The summed E-state index contributed by atoms with van der Waals surface area (Å²) in [5.74, 6) is 2.08. The largest absolute Gasteiger partial charge is 0.107 e. The Morgan fingerprint density at radius 1 is 1.83 bits per heavy atom. The Balaban J connectivity index is 0. The Labute approximate surface area is 62.2 Å². The molecule has 0 aromatic heterocycles. The summed E-state index contributed by atoms with van der Waals surface area (Å²) in [4.78, 5) is 0. The van der Waals surface area contributed by atoms with Gasteiger partial charge in [0.2, 0.25) is 0 Å². The van der Waals surface area contributed by atoms with Gasteiger partial charge in [-0.2, -0.15) is 0 Å². The van der Waals surface area contributed by atoms with Gasteiger partial charge in [0.25, 0.3) is 0 Å². The summed E-state index contributed by atoms with van der Waals surface area (Å²) in [7, 11) is 0. The summed E-state index contributed by atoms with van der Waals surface area (Å²) >= 11 is 1.64. The Bertz CT molecular complexity index is 28.7. The maximum absolute atomic E-state index is 3.53. The van der Waals surface area contributed by atoms with Gasteiger partial charge in [-0.1, -0.05) is 0 Å². The molecule has 0 spiro atoms. The first-order valence-corrected chi connectivity index (χ1v) is 3.04. The van der Waals surface area contributed by atoms with Crippen LogP contribution in [0.15, 0.2) is 12.7 Å². The second-order valence-electron chi connectivity index (χ2n) is 0.641. The Hall–Kier alpha value is 0.964. The molecular formula is C4H9INi. The van der Waals surface area contributed by atoms with Crippen molar-refractivity contribution in [2.45, 2.75) is 11.3 Å². The molecule has 0 unspecified atom stereocenters. The SMILES string of the molecule is C=C[CH2][Ni][CH3].I. The van der Waals surface area contributed by atoms with Crippen LogP contribution in [0.4, 0.5) is 0 Å². The van der Waals surface area contributed by atoms with Gasteiger partial charge in [-0.3, -0.25) is 0 Å². The van der Waals surface area contributed by atoms with E-state index >= 15 is 0 Å². The van der Waals surface area contributed by atoms with E-state index in [9.17, 15) is 0 Å². The van der Waals surface area contributed by atoms with Crippen LogP contribution in [0.5, 0.6) is 0 Å². The molecular weight excluding hydrogens is 234 g/mol. The number of hydrogen-bond acceptors (Lipinski definition) is 0. The third-order valence-electron chi connectivity index (χ3n) is 0.220. The summed E-state index contributed by atoms with van der Waals surface area (Å²) in [5, 5.41) is 1.09. The van der Waals surface area contributed by atoms with Crippen molar-refractivity contribution in [3.63, 3.8) is 0 Å². The van der Waals surface area contributed by atoms with E-state index in [1.165, 1.54) is 0 Å². The summed E-state index contributed by atoms with van der Waals surface area (Å²) in [5.41, 5.74) is 0. The zero-order valence-electron chi connectivity index (χ0n) is 3.72. The van der Waals surface area contributed by atoms with Gasteiger partial charge in [0, 0.05) is 0 Å². The molecule has 2 heteroatoms. The predicted molar refractivity (Wildman–Crippen MR) is 36.3 cm³/mol. The van der Waals surface area contributed by atoms with Crippen LogP contribution in [0, 0.1) is 0 Å². The van der Waals surface area contributed by atoms with E-state index in [1.807, 2.05) is 6.08 Å². The van der Waals surface area contributed by atoms with Crippen LogP contribution in [0.1, 0.15) is 0 Å². The minimum Gasteiger partial charge on any atom is -0.107 e. The van der Waals surface area contributed by atoms with Crippen molar-refractivity contribution in [3.8, 4) is 0 Å². The summed E-state index contributed by atoms with van der Waals surface area (Å²) in [6, 6.07) is 0. The molecule has 0 nitrogen and oxygen atoms in total. The molecule has 0 radical (unpaired) electrons. The molecule has 0 aromatic carbocycles. The van der Waals surface area contributed by atoms with Gasteiger partial charge >= 0.3 is 38.4 Å². The molecule has 0 atom stereocenters. The molecule has 0 bridgehead atoms. The molecule has 0 aromatic rings. The van der Waals surface area contributed by atoms with Crippen LogP contribution in [-0.4, -0.2) is 0 Å². The first-order valence-electron chi connectivity index (χ1n) is 1.36. The first kappa shape index (κ1) is 10.1. The topological polar surface area (TPSA) is 0 Å². The van der Waals surface area contributed by atoms with Crippen LogP contribution in [0.3, 0.4) is 0 Å². The van der Waals surface area contributed by atoms with E-state index in [1.54, 1.807) is 14.4 Å². The van der Waals surface area contributed by atoms with Gasteiger partial charge < -0.3 is 0 Å². The second-order valence-corrected chi connectivity index (χ2v) is 1.74. The van der Waals surface area contributed by atoms with Crippen LogP contribution < -0.4 is 0 Å². The normalized spacial score (nSPS) is 6.83. The summed E-state index contributed by atoms with van der Waals surface area (Å²) < 4.78 is 0. The molecule has 0 amide bonds. The molecule has 42 valence electrons. The molecule has 0 saturated carbocycles. The first-order chi connectivity index (χ1) is 2.41. The van der Waals surface area contributed by atoms with Crippen molar-refractivity contribution >= 4 is 24.0 Å². The van der Waals surface area contributed by atoms with Crippen molar-refractivity contribution in [2.75, 3.05) is 0 Å². The van der Waals surface area contributed by atoms with Crippen molar-refractivity contribution in [1.82, 2.24) is 0 Å². The fraction of sp³-hybridized carbons (Fsp3) is 0.500. The number of halogens is 1. The van der Waals surface area contributed by atoms with E-state index in [2.05, 4.69) is 12.5 Å². The number of rotatable bonds is 2. The second kappa shape index (κ2) is 9.35. The quantitative estimate of drug-likeness (QED) is 0.396. The molecule has 0 aliphatic carbocycles. The van der Waals surface area contributed by atoms with E-state index < -0.39 is 0 Å². The summed E-state index contributed by atoms with van der Waals surface area (Å²) in [6.07, 6.45) is 1.90. The standard InChI is InChI=1S/C3H5.CH3.HI.Ni/c1-3-2;;;/h3H,1-2H2;1H3;1H;. The molecule has 0 heterocycles. The maximum Gasteiger partial charge on any atom is -0.107 e. The predicted octanol–water partition coefficient (Wildman–Crippen LogP) is 2.34. The number of allylic oxidation sites excluding steroid dienone is 1. The monoisotopic (exact) mass is 242 g/mol. The fourth-order valence-corrected chi connectivity index (χ4v) is 0.376. The van der Waals surface area contributed by atoms with Gasteiger partial charge in [0.1, 0.15) is 0 Å². The van der Waals surface area contributed by atoms with E-state index in [0.29, 0.717) is 0 Å². The van der Waals surface area contributed by atoms with Gasteiger partial charge in [-0.15, -0.1) is 24.0 Å². The molecule has 0 rings (SSSR count). The molecule has 0 aliphatic rings. The summed E-state index contributed by atoms with van der Waals surface area (Å²) in [6.45, 7) is 3.53. The molecule has 0 fully saturated rings. The smallest absolute Gasteiger partial charge is 0.107 e. The van der Waals surface area contributed by atoms with Gasteiger partial charge in [-0.25, -0.2) is 0 Å². The van der Waals surface area contributed by atoms with Crippen LogP contribution in [0.25, 0.3) is 0 Å². The average Bonchev–Trinajstić information content (AvgIpc) is 1.41. The van der Waals surface area contributed by atoms with E-state index in [0.717, 1.165) is 5.39 Å². The fourth-order valence-electron chi connectivity index (χ4n) is 0.0913. The third-order valence-corrected chi connectivity index (χ3v) is 0.909. The van der Waals surface area contributed by atoms with Gasteiger partial charge in [-0.05, 0) is 0 Å². The Morgan fingerprint density at radius 3 is 2.33 bits per heavy atom. The van der Waals surface area contributed by atoms with Crippen molar-refractivity contribution < 1.29 is 14.4 Å². The van der Waals surface area contributed by atoms with Crippen molar-refractivity contribution in [1.29, 1.82) is 0 Å². The zero-order valence-corrected chi connectivity index (χ0v) is 7.03. The van der Waals surface area contributed by atoms with Crippen LogP contribution in [-0.2, 0) is 14.4 Å². The molecule has 0 saturated heterocycles. The average molecular weight is 243 g/mol. The minimum atomic E-state index is 0. The number of hydrogen-bond donors (Lipinski definition) is 0. The third kappa shape index (κ3) is 8.88. The van der Waals surface area contributed by atoms with E-state index in [4.69, 9.17) is 0 Å². The molecule has 0 aliphatic heterocycles. The molecule has 0 N–H and O–H groups in total. The Kier molecular flexibility index (Phi) is 15.7. The minimum absolute atomic E-state index is 0. The molecule has 6 heavy (non-hydrogen) atoms. The zero-order chi connectivity index (χ0) is 4.12. The van der Waals surface area contributed by atoms with Crippen molar-refractivity contribution in [2.24, 2.45) is 0 Å².